The van der Waals surface area contributed by atoms with E-state index < -0.39 is 5.89 Å². The molecule has 4 aromatic carbocycles. The molecular formula is C40H34IrN2O-2. The molecule has 0 spiro atoms. The molecule has 3 aromatic heterocycles. The molecule has 0 bridgehead atoms. The van der Waals surface area contributed by atoms with Crippen molar-refractivity contribution in [1.82, 2.24) is 9.97 Å². The first-order valence-corrected chi connectivity index (χ1v) is 14.5. The number of nitrogens with zero attached hydrogens (tertiary/aromatic N) is 2. The van der Waals surface area contributed by atoms with E-state index in [0.29, 0.717) is 0 Å². The Morgan fingerprint density at radius 3 is 2.20 bits per heavy atom. The van der Waals surface area contributed by atoms with E-state index in [1.807, 2.05) is 86.8 Å². The third-order valence-electron chi connectivity index (χ3n) is 7.89. The average Bonchev–Trinajstić information content (AvgIpc) is 3.45. The van der Waals surface area contributed by atoms with Gasteiger partial charge >= 0.3 is 0 Å². The molecule has 44 heavy (non-hydrogen) atoms. The van der Waals surface area contributed by atoms with E-state index >= 15 is 0 Å². The molecule has 0 N–H and O–H groups in total. The minimum Gasteiger partial charge on any atom is -0.501 e. The molecule has 4 heteroatoms. The van der Waals surface area contributed by atoms with Gasteiger partial charge in [-0.3, -0.25) is 0 Å². The maximum Gasteiger partial charge on any atom is 0.120 e. The fourth-order valence-electron chi connectivity index (χ4n) is 5.30. The maximum absolute atomic E-state index is 8.22. The quantitative estimate of drug-likeness (QED) is 0.164. The van der Waals surface area contributed by atoms with E-state index in [0.717, 1.165) is 50.0 Å². The number of fused-ring (bicyclic) bond motifs is 3. The summed E-state index contributed by atoms with van der Waals surface area (Å²) in [6, 6.07) is 45.0. The van der Waals surface area contributed by atoms with E-state index in [2.05, 4.69) is 84.5 Å². The second-order valence-corrected chi connectivity index (χ2v) is 11.3. The van der Waals surface area contributed by atoms with Gasteiger partial charge in [0.15, 0.2) is 0 Å². The summed E-state index contributed by atoms with van der Waals surface area (Å²) >= 11 is 0. The number of benzene rings is 4. The average molecular weight is 752 g/mol. The van der Waals surface area contributed by atoms with Crippen LogP contribution in [0.1, 0.15) is 51.7 Å². The van der Waals surface area contributed by atoms with Crippen molar-refractivity contribution in [3.05, 3.63) is 156 Å². The molecular weight excluding hydrogens is 717 g/mol. The largest absolute Gasteiger partial charge is 0.501 e. The van der Waals surface area contributed by atoms with Crippen molar-refractivity contribution in [3.63, 3.8) is 0 Å². The zero-order chi connectivity index (χ0) is 30.7. The fraction of sp³-hybridized carbons (Fsp3) is 0.150. The molecule has 0 saturated heterocycles. The van der Waals surface area contributed by atoms with Gasteiger partial charge in [-0.1, -0.05) is 105 Å². The Balaban J connectivity index is 0.000000175. The van der Waals surface area contributed by atoms with Crippen molar-refractivity contribution < 1.29 is 25.9 Å². The molecule has 3 heterocycles. The molecule has 221 valence electrons. The van der Waals surface area contributed by atoms with E-state index in [9.17, 15) is 0 Å². The monoisotopic (exact) mass is 752 g/mol. The van der Waals surface area contributed by atoms with Crippen molar-refractivity contribution in [3.8, 4) is 22.5 Å². The second-order valence-electron chi connectivity index (χ2n) is 11.3. The van der Waals surface area contributed by atoms with Crippen LogP contribution < -0.4 is 0 Å². The third-order valence-corrected chi connectivity index (χ3v) is 7.89. The van der Waals surface area contributed by atoms with Crippen LogP contribution in [0.3, 0.4) is 0 Å². The van der Waals surface area contributed by atoms with Crippen molar-refractivity contribution in [2.75, 3.05) is 0 Å². The van der Waals surface area contributed by atoms with Gasteiger partial charge in [-0.25, -0.2) is 0 Å². The molecule has 1 radical (unpaired) electrons. The van der Waals surface area contributed by atoms with Gasteiger partial charge in [0.2, 0.25) is 0 Å². The van der Waals surface area contributed by atoms with Crippen LogP contribution in [0.15, 0.2) is 132 Å². The smallest absolute Gasteiger partial charge is 0.120 e. The maximum atomic E-state index is 8.22. The number of para-hydroxylation sites is 1. The van der Waals surface area contributed by atoms with Crippen LogP contribution in [0, 0.1) is 12.1 Å². The zero-order valence-electron chi connectivity index (χ0n) is 26.3. The van der Waals surface area contributed by atoms with E-state index in [1.54, 1.807) is 6.20 Å². The fourth-order valence-corrected chi connectivity index (χ4v) is 5.30. The molecule has 0 atom stereocenters. The summed E-state index contributed by atoms with van der Waals surface area (Å²) in [5.41, 5.74) is 8.71. The molecule has 0 unspecified atom stereocenters. The Bertz CT molecular complexity index is 2030. The zero-order valence-corrected chi connectivity index (χ0v) is 27.7. The van der Waals surface area contributed by atoms with Crippen LogP contribution in [0.2, 0.25) is 0 Å². The van der Waals surface area contributed by atoms with E-state index in [-0.39, 0.29) is 25.5 Å². The van der Waals surface area contributed by atoms with Gasteiger partial charge in [0.25, 0.3) is 0 Å². The van der Waals surface area contributed by atoms with Crippen LogP contribution in [0.25, 0.3) is 44.5 Å². The van der Waals surface area contributed by atoms with Crippen molar-refractivity contribution in [2.45, 2.75) is 39.0 Å². The molecule has 0 aliphatic carbocycles. The summed E-state index contributed by atoms with van der Waals surface area (Å²) in [4.78, 5) is 8.95. The molecule has 0 aliphatic rings. The molecule has 0 aliphatic heterocycles. The van der Waals surface area contributed by atoms with Crippen molar-refractivity contribution in [2.24, 2.45) is 0 Å². The first kappa shape index (κ1) is 29.7. The van der Waals surface area contributed by atoms with Gasteiger partial charge in [-0.2, -0.15) is 0 Å². The van der Waals surface area contributed by atoms with Gasteiger partial charge in [0.1, 0.15) is 5.58 Å². The summed E-state index contributed by atoms with van der Waals surface area (Å²) in [6.07, 6.45) is 3.63. The minimum atomic E-state index is -0.667. The van der Waals surface area contributed by atoms with Crippen LogP contribution in [0.4, 0.5) is 0 Å². The summed E-state index contributed by atoms with van der Waals surface area (Å²) < 4.78 is 14.3. The van der Waals surface area contributed by atoms with E-state index in [4.69, 9.17) is 5.79 Å². The number of furan rings is 1. The third kappa shape index (κ3) is 6.43. The van der Waals surface area contributed by atoms with Crippen LogP contribution in [-0.4, -0.2) is 9.97 Å². The molecule has 7 aromatic rings. The molecule has 0 amide bonds. The Kier molecular flexibility index (Phi) is 9.12. The summed E-state index contributed by atoms with van der Waals surface area (Å²) in [7, 11) is 0. The Morgan fingerprint density at radius 1 is 0.705 bits per heavy atom. The molecule has 0 fully saturated rings. The molecule has 3 nitrogen and oxygen atoms in total. The number of hydrogen-bond donors (Lipinski definition) is 0. The van der Waals surface area contributed by atoms with Gasteiger partial charge in [0.05, 0.1) is 5.58 Å². The topological polar surface area (TPSA) is 38.9 Å². The Morgan fingerprint density at radius 2 is 1.43 bits per heavy atom. The second kappa shape index (κ2) is 13.5. The summed E-state index contributed by atoms with van der Waals surface area (Å²) in [6.45, 7) is 8.24. The normalized spacial score (nSPS) is 11.8. The van der Waals surface area contributed by atoms with Crippen LogP contribution >= 0.6 is 0 Å². The standard InChI is InChI=1S/C20H16NO.C20H18N.Ir/c1-13(2)14-10-11-21-18(12-14)17-8-5-7-16-15-6-3-4-9-19(15)22-20(16)17;1-20(2,17-11-7-4-8-12-17)18-13-14-21-19(15-18)16-9-5-3-6-10-16;/h3-7,9-13H,1-2H3;3-9,11-15H,1-2H3;/q2*-1;/i13D;;. The van der Waals surface area contributed by atoms with Gasteiger partial charge in [-0.15, -0.1) is 54.1 Å². The Labute approximate surface area is 274 Å². The molecule has 7 rings (SSSR count). The minimum absolute atomic E-state index is 0. The SMILES string of the molecule is CC(C)(c1ccccc1)c1ccnc(-c2[c-]cccc2)c1.[2H]C(C)(C)c1ccnc(-c2[c-]ccc3c2oc2ccccc23)c1.[Ir]. The van der Waals surface area contributed by atoms with Gasteiger partial charge in [0, 0.05) is 44.7 Å². The Hall–Kier alpha value is -4.37. The predicted octanol–water partition coefficient (Wildman–Crippen LogP) is 10.4. The number of pyridine rings is 2. The van der Waals surface area contributed by atoms with Crippen LogP contribution in [0.5, 0.6) is 0 Å². The van der Waals surface area contributed by atoms with Crippen molar-refractivity contribution >= 4 is 21.9 Å². The van der Waals surface area contributed by atoms with E-state index in [1.165, 1.54) is 11.1 Å². The first-order valence-electron chi connectivity index (χ1n) is 15.0. The summed E-state index contributed by atoms with van der Waals surface area (Å²) in [5.74, 6) is -0.667. The predicted molar refractivity (Wildman–Crippen MR) is 177 cm³/mol. The van der Waals surface area contributed by atoms with Gasteiger partial charge < -0.3 is 14.4 Å². The number of hydrogen-bond acceptors (Lipinski definition) is 3. The number of rotatable bonds is 5. The number of aromatic nitrogens is 2. The summed E-state index contributed by atoms with van der Waals surface area (Å²) in [5, 5.41) is 2.15. The van der Waals surface area contributed by atoms with Crippen molar-refractivity contribution in [1.29, 1.82) is 0 Å². The van der Waals surface area contributed by atoms with Crippen LogP contribution in [-0.2, 0) is 25.5 Å². The molecule has 0 saturated carbocycles. The first-order chi connectivity index (χ1) is 21.2. The van der Waals surface area contributed by atoms with Gasteiger partial charge in [-0.05, 0) is 46.6 Å².